The van der Waals surface area contributed by atoms with Gasteiger partial charge in [0.15, 0.2) is 0 Å². The average molecular weight is 344 g/mol. The zero-order valence-electron chi connectivity index (χ0n) is 14.3. The van der Waals surface area contributed by atoms with Crippen molar-refractivity contribution < 1.29 is 9.53 Å². The van der Waals surface area contributed by atoms with E-state index in [1.807, 2.05) is 36.1 Å². The summed E-state index contributed by atoms with van der Waals surface area (Å²) in [7, 11) is 1.67. The van der Waals surface area contributed by atoms with Crippen molar-refractivity contribution in [2.24, 2.45) is 0 Å². The molecule has 3 rings (SSSR count). The number of rotatable bonds is 5. The van der Waals surface area contributed by atoms with Crippen molar-refractivity contribution in [1.82, 2.24) is 9.88 Å². The molecule has 0 unspecified atom stereocenters. The van der Waals surface area contributed by atoms with E-state index in [1.54, 1.807) is 18.4 Å². The van der Waals surface area contributed by atoms with E-state index < -0.39 is 0 Å². The maximum Gasteiger partial charge on any atom is 0.222 e. The number of hydrogen-bond acceptors (Lipinski definition) is 4. The lowest BCUT2D eigenvalue weighted by atomic mass is 9.98. The lowest BCUT2D eigenvalue weighted by Gasteiger charge is -2.32. The Morgan fingerprint density at radius 1 is 1.42 bits per heavy atom. The van der Waals surface area contributed by atoms with Crippen molar-refractivity contribution in [3.05, 3.63) is 45.9 Å². The number of thiazole rings is 1. The molecule has 4 nitrogen and oxygen atoms in total. The van der Waals surface area contributed by atoms with Gasteiger partial charge in [-0.05, 0) is 37.8 Å². The number of likely N-dealkylation sites (tertiary alicyclic amines) is 1. The molecule has 1 aliphatic rings. The van der Waals surface area contributed by atoms with Gasteiger partial charge in [0.25, 0.3) is 0 Å². The van der Waals surface area contributed by atoms with Crippen LogP contribution in [-0.4, -0.2) is 36.0 Å². The number of carbonyl (C=O) groups excluding carboxylic acids is 1. The van der Waals surface area contributed by atoms with Crippen LogP contribution in [0.2, 0.25) is 0 Å². The average Bonchev–Trinajstić information content (AvgIpc) is 3.06. The maximum absolute atomic E-state index is 12.6. The van der Waals surface area contributed by atoms with Crippen molar-refractivity contribution in [2.75, 3.05) is 20.2 Å². The van der Waals surface area contributed by atoms with Crippen molar-refractivity contribution >= 4 is 17.2 Å². The third-order valence-corrected chi connectivity index (χ3v) is 5.69. The van der Waals surface area contributed by atoms with Gasteiger partial charge in [0.1, 0.15) is 5.75 Å². The number of nitrogens with zero attached hydrogens (tertiary/aromatic N) is 2. The Balaban J connectivity index is 1.58. The van der Waals surface area contributed by atoms with Gasteiger partial charge < -0.3 is 9.64 Å². The van der Waals surface area contributed by atoms with Gasteiger partial charge in [0, 0.05) is 36.5 Å². The molecule has 24 heavy (non-hydrogen) atoms. The highest BCUT2D eigenvalue weighted by atomic mass is 32.1. The smallest absolute Gasteiger partial charge is 0.222 e. The summed E-state index contributed by atoms with van der Waals surface area (Å²) in [6, 6.07) is 7.92. The molecular weight excluding hydrogens is 320 g/mol. The Labute approximate surface area is 147 Å². The number of aryl methyl sites for hydroxylation is 2. The van der Waals surface area contributed by atoms with Crippen molar-refractivity contribution in [3.8, 4) is 5.75 Å². The van der Waals surface area contributed by atoms with Crippen LogP contribution >= 0.6 is 11.3 Å². The Hall–Kier alpha value is -1.88. The van der Waals surface area contributed by atoms with Gasteiger partial charge in [0.2, 0.25) is 5.91 Å². The van der Waals surface area contributed by atoms with E-state index in [0.29, 0.717) is 12.3 Å². The second-order valence-corrected chi connectivity index (χ2v) is 7.21. The molecule has 1 amide bonds. The lowest BCUT2D eigenvalue weighted by molar-refractivity contribution is -0.132. The molecule has 1 aliphatic heterocycles. The predicted octanol–water partition coefficient (Wildman–Crippen LogP) is 3.80. The largest absolute Gasteiger partial charge is 0.496 e. The molecular formula is C19H24N2O2S. The Bertz CT molecular complexity index is 698. The van der Waals surface area contributed by atoms with Crippen LogP contribution in [0.15, 0.2) is 29.6 Å². The van der Waals surface area contributed by atoms with E-state index in [-0.39, 0.29) is 5.91 Å². The fourth-order valence-corrected chi connectivity index (χ4v) is 4.20. The van der Waals surface area contributed by atoms with Crippen LogP contribution in [0.5, 0.6) is 5.75 Å². The van der Waals surface area contributed by atoms with Crippen molar-refractivity contribution in [2.45, 2.75) is 38.5 Å². The van der Waals surface area contributed by atoms with Gasteiger partial charge in [0.05, 0.1) is 12.1 Å². The summed E-state index contributed by atoms with van der Waals surface area (Å²) < 4.78 is 5.37. The Morgan fingerprint density at radius 3 is 3.00 bits per heavy atom. The van der Waals surface area contributed by atoms with Crippen LogP contribution in [-0.2, 0) is 11.2 Å². The van der Waals surface area contributed by atoms with Gasteiger partial charge in [-0.3, -0.25) is 4.79 Å². The first kappa shape index (κ1) is 17.0. The van der Waals surface area contributed by atoms with Gasteiger partial charge in [-0.1, -0.05) is 18.2 Å². The van der Waals surface area contributed by atoms with E-state index in [0.717, 1.165) is 49.4 Å². The minimum Gasteiger partial charge on any atom is -0.496 e. The highest BCUT2D eigenvalue weighted by molar-refractivity contribution is 7.09. The molecule has 2 heterocycles. The SMILES string of the molecule is COc1ccccc1CCC(=O)N1CCC[C@H](c2nc(C)cs2)C1. The first-order valence-corrected chi connectivity index (χ1v) is 9.37. The van der Waals surface area contributed by atoms with Gasteiger partial charge >= 0.3 is 0 Å². The van der Waals surface area contributed by atoms with Crippen LogP contribution in [0.1, 0.15) is 41.4 Å². The minimum atomic E-state index is 0.235. The molecule has 0 radical (unpaired) electrons. The quantitative estimate of drug-likeness (QED) is 0.828. The van der Waals surface area contributed by atoms with E-state index >= 15 is 0 Å². The molecule has 5 heteroatoms. The van der Waals surface area contributed by atoms with Crippen LogP contribution in [0, 0.1) is 6.92 Å². The first-order chi connectivity index (χ1) is 11.7. The third kappa shape index (κ3) is 3.96. The highest BCUT2D eigenvalue weighted by Gasteiger charge is 2.26. The van der Waals surface area contributed by atoms with Crippen molar-refractivity contribution in [3.63, 3.8) is 0 Å². The molecule has 128 valence electrons. The van der Waals surface area contributed by atoms with Gasteiger partial charge in [-0.25, -0.2) is 4.98 Å². The van der Waals surface area contributed by atoms with Gasteiger partial charge in [-0.15, -0.1) is 11.3 Å². The number of hydrogen-bond donors (Lipinski definition) is 0. The molecule has 0 saturated carbocycles. The first-order valence-electron chi connectivity index (χ1n) is 8.49. The molecule has 1 fully saturated rings. The molecule has 2 aromatic rings. The molecule has 1 aromatic carbocycles. The van der Waals surface area contributed by atoms with Crippen LogP contribution in [0.3, 0.4) is 0 Å². The molecule has 0 spiro atoms. The topological polar surface area (TPSA) is 42.4 Å². The normalized spacial score (nSPS) is 17.8. The molecule has 1 saturated heterocycles. The number of carbonyl (C=O) groups is 1. The number of methoxy groups -OCH3 is 1. The number of piperidine rings is 1. The summed E-state index contributed by atoms with van der Waals surface area (Å²) >= 11 is 1.72. The van der Waals surface area contributed by atoms with Gasteiger partial charge in [-0.2, -0.15) is 0 Å². The summed E-state index contributed by atoms with van der Waals surface area (Å²) in [5.74, 6) is 1.49. The number of para-hydroxylation sites is 1. The number of aromatic nitrogens is 1. The Morgan fingerprint density at radius 2 is 2.25 bits per heavy atom. The monoisotopic (exact) mass is 344 g/mol. The molecule has 1 aromatic heterocycles. The molecule has 0 bridgehead atoms. The molecule has 1 atom stereocenters. The van der Waals surface area contributed by atoms with Crippen molar-refractivity contribution in [1.29, 1.82) is 0 Å². The summed E-state index contributed by atoms with van der Waals surface area (Å²) in [6.45, 7) is 3.70. The summed E-state index contributed by atoms with van der Waals surface area (Å²) in [5, 5.41) is 3.27. The van der Waals surface area contributed by atoms with E-state index in [9.17, 15) is 4.79 Å². The zero-order valence-corrected chi connectivity index (χ0v) is 15.1. The van der Waals surface area contributed by atoms with E-state index in [1.165, 1.54) is 5.01 Å². The van der Waals surface area contributed by atoms with Crippen LogP contribution in [0.25, 0.3) is 0 Å². The maximum atomic E-state index is 12.6. The van der Waals surface area contributed by atoms with E-state index in [2.05, 4.69) is 10.4 Å². The zero-order chi connectivity index (χ0) is 16.9. The van der Waals surface area contributed by atoms with E-state index in [4.69, 9.17) is 4.74 Å². The lowest BCUT2D eigenvalue weighted by Crippen LogP contribution is -2.39. The summed E-state index contributed by atoms with van der Waals surface area (Å²) in [4.78, 5) is 19.2. The third-order valence-electron chi connectivity index (χ3n) is 4.56. The second-order valence-electron chi connectivity index (χ2n) is 6.32. The number of benzene rings is 1. The number of ether oxygens (including phenoxy) is 1. The molecule has 0 aliphatic carbocycles. The second kappa shape index (κ2) is 7.79. The molecule has 0 N–H and O–H groups in total. The fraction of sp³-hybridized carbons (Fsp3) is 0.474. The van der Waals surface area contributed by atoms with Crippen LogP contribution in [0.4, 0.5) is 0 Å². The van der Waals surface area contributed by atoms with Crippen LogP contribution < -0.4 is 4.74 Å². The number of amides is 1. The Kier molecular flexibility index (Phi) is 5.51. The summed E-state index contributed by atoms with van der Waals surface area (Å²) in [6.07, 6.45) is 3.44. The minimum absolute atomic E-state index is 0.235. The standard InChI is InChI=1S/C19H24N2O2S/c1-14-13-24-19(20-14)16-7-5-11-21(12-16)18(22)10-9-15-6-3-4-8-17(15)23-2/h3-4,6,8,13,16H,5,7,9-12H2,1-2H3/t16-/m0/s1. The summed E-state index contributed by atoms with van der Waals surface area (Å²) in [5.41, 5.74) is 2.17. The highest BCUT2D eigenvalue weighted by Crippen LogP contribution is 2.29. The fourth-order valence-electron chi connectivity index (χ4n) is 3.27. The predicted molar refractivity (Wildman–Crippen MR) is 96.7 cm³/mol.